The Balaban J connectivity index is 1.63. The van der Waals surface area contributed by atoms with Crippen molar-refractivity contribution in [1.82, 2.24) is 4.90 Å². The van der Waals surface area contributed by atoms with Gasteiger partial charge in [-0.1, -0.05) is 54.6 Å². The van der Waals surface area contributed by atoms with Gasteiger partial charge in [0.25, 0.3) is 5.91 Å². The fourth-order valence-corrected chi connectivity index (χ4v) is 4.67. The molecule has 0 unspecified atom stereocenters. The van der Waals surface area contributed by atoms with E-state index in [1.807, 2.05) is 42.5 Å². The van der Waals surface area contributed by atoms with Crippen LogP contribution in [0.2, 0.25) is 0 Å². The van der Waals surface area contributed by atoms with Crippen LogP contribution in [0.5, 0.6) is 0 Å². The average molecular weight is 463 g/mol. The van der Waals surface area contributed by atoms with Crippen molar-refractivity contribution in [2.24, 2.45) is 0 Å². The number of carbonyl (C=O) groups excluding carboxylic acids is 2. The van der Waals surface area contributed by atoms with Gasteiger partial charge in [-0.15, -0.1) is 0 Å². The van der Waals surface area contributed by atoms with E-state index in [0.29, 0.717) is 12.2 Å². The summed E-state index contributed by atoms with van der Waals surface area (Å²) in [6.07, 6.45) is 1.84. The maximum Gasteiger partial charge on any atom is 0.332 e. The van der Waals surface area contributed by atoms with Crippen molar-refractivity contribution >= 4 is 27.5 Å². The van der Waals surface area contributed by atoms with E-state index in [9.17, 15) is 18.0 Å². The van der Waals surface area contributed by atoms with E-state index in [1.165, 1.54) is 29.8 Å². The lowest BCUT2D eigenvalue weighted by molar-refractivity contribution is -0.123. The molecule has 3 aromatic carbocycles. The number of anilines is 1. The molecule has 170 valence electrons. The molecule has 1 aliphatic heterocycles. The van der Waals surface area contributed by atoms with Crippen molar-refractivity contribution in [3.8, 4) is 0 Å². The maximum absolute atomic E-state index is 13.4. The largest absolute Gasteiger partial charge is 0.332 e. The Kier molecular flexibility index (Phi) is 5.84. The lowest BCUT2D eigenvalue weighted by atomic mass is 9.97. The lowest BCUT2D eigenvalue weighted by Gasteiger charge is -2.28. The SMILES string of the molecule is CC1(C)C(=O)N(c2ccc(S(C)(=O)=O)cc2)C(=O)N1Cc1ccccc1Cc1ccccc1. The first-order chi connectivity index (χ1) is 15.6. The lowest BCUT2D eigenvalue weighted by Crippen LogP contribution is -2.43. The molecule has 0 radical (unpaired) electrons. The minimum absolute atomic E-state index is 0.135. The van der Waals surface area contributed by atoms with Crippen LogP contribution in [0.1, 0.15) is 30.5 Å². The fraction of sp³-hybridized carbons (Fsp3) is 0.231. The molecule has 7 heteroatoms. The first-order valence-corrected chi connectivity index (χ1v) is 12.5. The topological polar surface area (TPSA) is 74.8 Å². The third-order valence-electron chi connectivity index (χ3n) is 6.03. The van der Waals surface area contributed by atoms with Gasteiger partial charge in [0.05, 0.1) is 10.6 Å². The summed E-state index contributed by atoms with van der Waals surface area (Å²) in [5, 5.41) is 0. The van der Waals surface area contributed by atoms with Crippen molar-refractivity contribution in [3.05, 3.63) is 95.6 Å². The zero-order chi connectivity index (χ0) is 23.8. The van der Waals surface area contributed by atoms with Crippen molar-refractivity contribution in [2.75, 3.05) is 11.2 Å². The standard InChI is InChI=1S/C26H26N2O4S/c1-26(2)24(29)28(22-13-15-23(16-14-22)33(3,31)32)25(30)27(26)18-21-12-8-7-11-20(21)17-19-9-5-4-6-10-19/h4-16H,17-18H2,1-3H3. The smallest absolute Gasteiger partial charge is 0.305 e. The van der Waals surface area contributed by atoms with E-state index in [2.05, 4.69) is 12.1 Å². The molecule has 1 fully saturated rings. The predicted octanol–water partition coefficient (Wildman–Crippen LogP) is 4.43. The van der Waals surface area contributed by atoms with Crippen LogP contribution < -0.4 is 4.90 Å². The van der Waals surface area contributed by atoms with Crippen LogP contribution >= 0.6 is 0 Å². The molecule has 1 saturated heterocycles. The highest BCUT2D eigenvalue weighted by atomic mass is 32.2. The second kappa shape index (κ2) is 8.48. The zero-order valence-electron chi connectivity index (χ0n) is 18.9. The molecule has 0 aromatic heterocycles. The van der Waals surface area contributed by atoms with Gasteiger partial charge < -0.3 is 4.90 Å². The molecule has 0 aliphatic carbocycles. The Bertz CT molecular complexity index is 1300. The molecule has 33 heavy (non-hydrogen) atoms. The van der Waals surface area contributed by atoms with Gasteiger partial charge in [-0.2, -0.15) is 0 Å². The molecule has 0 spiro atoms. The van der Waals surface area contributed by atoms with E-state index >= 15 is 0 Å². The van der Waals surface area contributed by atoms with Crippen LogP contribution in [0, 0.1) is 0 Å². The van der Waals surface area contributed by atoms with Gasteiger partial charge in [0, 0.05) is 12.8 Å². The summed E-state index contributed by atoms with van der Waals surface area (Å²) in [7, 11) is -3.37. The molecule has 0 saturated carbocycles. The van der Waals surface area contributed by atoms with Gasteiger partial charge in [-0.3, -0.25) is 4.79 Å². The number of nitrogens with zero attached hydrogens (tertiary/aromatic N) is 2. The number of hydrogen-bond acceptors (Lipinski definition) is 4. The molecular formula is C26H26N2O4S. The molecule has 0 bridgehead atoms. The Labute approximate surface area is 194 Å². The van der Waals surface area contributed by atoms with E-state index < -0.39 is 21.4 Å². The first kappa shape index (κ1) is 22.7. The minimum atomic E-state index is -3.37. The molecular weight excluding hydrogens is 436 g/mol. The van der Waals surface area contributed by atoms with Gasteiger partial charge >= 0.3 is 6.03 Å². The third kappa shape index (κ3) is 4.41. The number of urea groups is 1. The summed E-state index contributed by atoms with van der Waals surface area (Å²) in [5.41, 5.74) is 2.54. The highest BCUT2D eigenvalue weighted by Crippen LogP contribution is 2.34. The van der Waals surface area contributed by atoms with Gasteiger partial charge in [-0.25, -0.2) is 18.1 Å². The minimum Gasteiger partial charge on any atom is -0.305 e. The van der Waals surface area contributed by atoms with Crippen LogP contribution in [0.15, 0.2) is 83.8 Å². The van der Waals surface area contributed by atoms with Crippen LogP contribution in [-0.4, -0.2) is 37.1 Å². The number of sulfone groups is 1. The Morgan fingerprint density at radius 1 is 0.788 bits per heavy atom. The summed E-state index contributed by atoms with van der Waals surface area (Å²) in [6.45, 7) is 3.76. The van der Waals surface area contributed by atoms with Crippen molar-refractivity contribution in [3.63, 3.8) is 0 Å². The quantitative estimate of drug-likeness (QED) is 0.508. The number of carbonyl (C=O) groups is 2. The molecule has 3 aromatic rings. The second-order valence-electron chi connectivity index (χ2n) is 8.77. The van der Waals surface area contributed by atoms with E-state index in [0.717, 1.165) is 28.7 Å². The van der Waals surface area contributed by atoms with Gasteiger partial charge in [0.1, 0.15) is 5.54 Å². The number of hydrogen-bond donors (Lipinski definition) is 0. The summed E-state index contributed by atoms with van der Waals surface area (Å²) >= 11 is 0. The van der Waals surface area contributed by atoms with Gasteiger partial charge in [-0.05, 0) is 61.2 Å². The number of amides is 3. The average Bonchev–Trinajstić information content (AvgIpc) is 2.94. The number of benzene rings is 3. The Hall–Kier alpha value is -3.45. The summed E-state index contributed by atoms with van der Waals surface area (Å²) < 4.78 is 23.5. The Morgan fingerprint density at radius 3 is 1.97 bits per heavy atom. The van der Waals surface area contributed by atoms with Gasteiger partial charge in [0.15, 0.2) is 9.84 Å². The molecule has 6 nitrogen and oxygen atoms in total. The first-order valence-electron chi connectivity index (χ1n) is 10.7. The van der Waals surface area contributed by atoms with E-state index in [4.69, 9.17) is 0 Å². The molecule has 1 heterocycles. The normalized spacial score (nSPS) is 15.8. The van der Waals surface area contributed by atoms with Crippen molar-refractivity contribution in [1.29, 1.82) is 0 Å². The molecule has 1 aliphatic rings. The maximum atomic E-state index is 13.4. The summed E-state index contributed by atoms with van der Waals surface area (Å²) in [4.78, 5) is 29.5. The molecule has 3 amide bonds. The van der Waals surface area contributed by atoms with E-state index in [1.54, 1.807) is 18.7 Å². The van der Waals surface area contributed by atoms with Crippen molar-refractivity contribution < 1.29 is 18.0 Å². The summed E-state index contributed by atoms with van der Waals surface area (Å²) in [6, 6.07) is 23.4. The molecule has 0 atom stereocenters. The molecule has 4 rings (SSSR count). The third-order valence-corrected chi connectivity index (χ3v) is 7.16. The predicted molar refractivity (Wildman–Crippen MR) is 128 cm³/mol. The second-order valence-corrected chi connectivity index (χ2v) is 10.8. The zero-order valence-corrected chi connectivity index (χ0v) is 19.7. The van der Waals surface area contributed by atoms with E-state index in [-0.39, 0.29) is 10.8 Å². The highest BCUT2D eigenvalue weighted by Gasteiger charge is 2.51. The van der Waals surface area contributed by atoms with Crippen LogP contribution in [0.4, 0.5) is 10.5 Å². The Morgan fingerprint density at radius 2 is 1.36 bits per heavy atom. The fourth-order valence-electron chi connectivity index (χ4n) is 4.04. The number of rotatable bonds is 6. The molecule has 0 N–H and O–H groups in total. The van der Waals surface area contributed by atoms with Crippen LogP contribution in [0.3, 0.4) is 0 Å². The monoisotopic (exact) mass is 462 g/mol. The van der Waals surface area contributed by atoms with Crippen LogP contribution in [0.25, 0.3) is 0 Å². The van der Waals surface area contributed by atoms with Gasteiger partial charge in [0.2, 0.25) is 0 Å². The highest BCUT2D eigenvalue weighted by molar-refractivity contribution is 7.90. The van der Waals surface area contributed by atoms with Crippen molar-refractivity contribution in [2.45, 2.75) is 37.2 Å². The van der Waals surface area contributed by atoms with Crippen LogP contribution in [-0.2, 0) is 27.6 Å². The number of imide groups is 1. The summed E-state index contributed by atoms with van der Waals surface area (Å²) in [5.74, 6) is -0.347.